The van der Waals surface area contributed by atoms with Gasteiger partial charge in [0.25, 0.3) is 11.5 Å². The Morgan fingerprint density at radius 3 is 2.65 bits per heavy atom. The van der Waals surface area contributed by atoms with Crippen LogP contribution in [0.2, 0.25) is 5.02 Å². The molecule has 0 atom stereocenters. The van der Waals surface area contributed by atoms with Crippen molar-refractivity contribution in [3.05, 3.63) is 63.2 Å². The third-order valence-electron chi connectivity index (χ3n) is 3.46. The van der Waals surface area contributed by atoms with Gasteiger partial charge in [0.1, 0.15) is 5.56 Å². The lowest BCUT2D eigenvalue weighted by Gasteiger charge is -2.06. The average molecular weight is 331 g/mol. The van der Waals surface area contributed by atoms with E-state index in [1.54, 1.807) is 24.3 Å². The number of nitrogens with zero attached hydrogens (tertiary/aromatic N) is 2. The van der Waals surface area contributed by atoms with Crippen molar-refractivity contribution < 1.29 is 4.79 Å². The Labute approximate surface area is 137 Å². The highest BCUT2D eigenvalue weighted by Crippen LogP contribution is 2.17. The highest BCUT2D eigenvalue weighted by Gasteiger charge is 2.16. The Kier molecular flexibility index (Phi) is 3.92. The summed E-state index contributed by atoms with van der Waals surface area (Å²) in [5.74, 6) is -0.256. The molecule has 0 spiro atoms. The predicted octanol–water partition coefficient (Wildman–Crippen LogP) is 3.05. The van der Waals surface area contributed by atoms with E-state index in [0.717, 1.165) is 0 Å². The van der Waals surface area contributed by atoms with Gasteiger partial charge in [0.15, 0.2) is 5.65 Å². The molecule has 0 saturated heterocycles. The fourth-order valence-electron chi connectivity index (χ4n) is 2.19. The number of carbonyl (C=O) groups excluding carboxylic acids is 1. The van der Waals surface area contributed by atoms with E-state index in [4.69, 9.17) is 11.6 Å². The Balaban J connectivity index is 2.00. The van der Waals surface area contributed by atoms with Crippen LogP contribution in [0.1, 0.15) is 35.8 Å². The van der Waals surface area contributed by atoms with Gasteiger partial charge >= 0.3 is 0 Å². The van der Waals surface area contributed by atoms with E-state index in [1.807, 2.05) is 13.8 Å². The van der Waals surface area contributed by atoms with Crippen molar-refractivity contribution in [1.82, 2.24) is 14.6 Å². The zero-order valence-corrected chi connectivity index (χ0v) is 13.4. The molecule has 0 aliphatic rings. The molecule has 2 aromatic heterocycles. The van der Waals surface area contributed by atoms with Crippen molar-refractivity contribution in [1.29, 1.82) is 0 Å². The first-order valence-corrected chi connectivity index (χ1v) is 7.51. The molecule has 6 nitrogen and oxygen atoms in total. The SMILES string of the molecule is CC(C)c1cc(=O)n2[nH]cc(C(=O)Nc3ccc(Cl)cc3)c2n1. The van der Waals surface area contributed by atoms with E-state index >= 15 is 0 Å². The van der Waals surface area contributed by atoms with Crippen LogP contribution in [0, 0.1) is 0 Å². The van der Waals surface area contributed by atoms with E-state index < -0.39 is 0 Å². The molecule has 7 heteroatoms. The van der Waals surface area contributed by atoms with Gasteiger partial charge in [-0.2, -0.15) is 0 Å². The van der Waals surface area contributed by atoms with Crippen LogP contribution >= 0.6 is 11.6 Å². The molecule has 1 aromatic carbocycles. The monoisotopic (exact) mass is 330 g/mol. The van der Waals surface area contributed by atoms with Crippen LogP contribution in [-0.2, 0) is 0 Å². The molecule has 2 heterocycles. The average Bonchev–Trinajstić information content (AvgIpc) is 2.94. The van der Waals surface area contributed by atoms with E-state index in [9.17, 15) is 9.59 Å². The van der Waals surface area contributed by atoms with Gasteiger partial charge in [-0.3, -0.25) is 14.7 Å². The number of aromatic amines is 1. The van der Waals surface area contributed by atoms with E-state index in [2.05, 4.69) is 15.4 Å². The minimum absolute atomic E-state index is 0.0924. The summed E-state index contributed by atoms with van der Waals surface area (Å²) < 4.78 is 1.25. The van der Waals surface area contributed by atoms with Gasteiger partial charge in [-0.1, -0.05) is 25.4 Å². The minimum Gasteiger partial charge on any atom is -0.322 e. The summed E-state index contributed by atoms with van der Waals surface area (Å²) in [5, 5.41) is 6.10. The zero-order valence-electron chi connectivity index (χ0n) is 12.6. The number of benzene rings is 1. The van der Waals surface area contributed by atoms with Crippen molar-refractivity contribution in [2.24, 2.45) is 0 Å². The lowest BCUT2D eigenvalue weighted by atomic mass is 10.1. The van der Waals surface area contributed by atoms with Gasteiger partial charge in [0.05, 0.1) is 5.69 Å². The molecule has 3 aromatic rings. The number of halogens is 1. The fourth-order valence-corrected chi connectivity index (χ4v) is 2.32. The zero-order chi connectivity index (χ0) is 16.6. The number of hydrogen-bond donors (Lipinski definition) is 2. The van der Waals surface area contributed by atoms with Crippen LogP contribution in [0.3, 0.4) is 0 Å². The number of nitrogens with one attached hydrogen (secondary N) is 2. The lowest BCUT2D eigenvalue weighted by molar-refractivity contribution is 0.102. The third-order valence-corrected chi connectivity index (χ3v) is 3.71. The molecule has 2 N–H and O–H groups in total. The van der Waals surface area contributed by atoms with Crippen molar-refractivity contribution in [3.8, 4) is 0 Å². The van der Waals surface area contributed by atoms with Crippen LogP contribution in [0.25, 0.3) is 5.65 Å². The van der Waals surface area contributed by atoms with E-state index in [0.29, 0.717) is 27.6 Å². The number of anilines is 1. The number of carbonyl (C=O) groups is 1. The summed E-state index contributed by atoms with van der Waals surface area (Å²) in [5.41, 5.74) is 1.63. The van der Waals surface area contributed by atoms with Gasteiger partial charge in [-0.05, 0) is 30.2 Å². The molecule has 0 fully saturated rings. The Morgan fingerprint density at radius 1 is 1.30 bits per heavy atom. The molecule has 0 bridgehead atoms. The molecule has 0 unspecified atom stereocenters. The maximum absolute atomic E-state index is 12.4. The maximum atomic E-state index is 12.4. The first-order chi connectivity index (χ1) is 11.0. The highest BCUT2D eigenvalue weighted by atomic mass is 35.5. The fraction of sp³-hybridized carbons (Fsp3) is 0.188. The Bertz CT molecular complexity index is 925. The number of amides is 1. The smallest absolute Gasteiger partial charge is 0.272 e. The van der Waals surface area contributed by atoms with E-state index in [1.165, 1.54) is 16.8 Å². The van der Waals surface area contributed by atoms with Gasteiger partial charge < -0.3 is 5.32 Å². The first-order valence-electron chi connectivity index (χ1n) is 7.13. The largest absolute Gasteiger partial charge is 0.322 e. The van der Waals surface area contributed by atoms with Crippen LogP contribution < -0.4 is 10.9 Å². The van der Waals surface area contributed by atoms with Crippen LogP contribution in [0.15, 0.2) is 41.3 Å². The third kappa shape index (κ3) is 2.98. The molecule has 0 saturated carbocycles. The molecule has 0 radical (unpaired) electrons. The molecule has 0 aliphatic heterocycles. The number of rotatable bonds is 3. The quantitative estimate of drug-likeness (QED) is 0.774. The van der Waals surface area contributed by atoms with Crippen molar-refractivity contribution in [3.63, 3.8) is 0 Å². The summed E-state index contributed by atoms with van der Waals surface area (Å²) in [6.07, 6.45) is 1.47. The molecule has 1 amide bonds. The van der Waals surface area contributed by atoms with Gasteiger partial charge in [0, 0.05) is 23.0 Å². The summed E-state index contributed by atoms with van der Waals surface area (Å²) in [7, 11) is 0. The maximum Gasteiger partial charge on any atom is 0.272 e. The summed E-state index contributed by atoms with van der Waals surface area (Å²) in [6, 6.07) is 8.25. The predicted molar refractivity (Wildman–Crippen MR) is 89.3 cm³/mol. The number of aromatic nitrogens is 3. The van der Waals surface area contributed by atoms with Gasteiger partial charge in [0.2, 0.25) is 0 Å². The van der Waals surface area contributed by atoms with Crippen molar-refractivity contribution in [2.75, 3.05) is 5.32 Å². The topological polar surface area (TPSA) is 79.3 Å². The molecule has 3 rings (SSSR count). The standard InChI is InChI=1S/C16H15ClN4O2/c1-9(2)13-7-14(22)21-15(20-13)12(8-18-21)16(23)19-11-5-3-10(17)4-6-11/h3-9,18H,1-2H3,(H,19,23). The van der Waals surface area contributed by atoms with Crippen LogP contribution in [0.4, 0.5) is 5.69 Å². The summed E-state index contributed by atoms with van der Waals surface area (Å²) >= 11 is 5.82. The molecule has 118 valence electrons. The van der Waals surface area contributed by atoms with Crippen LogP contribution in [-0.4, -0.2) is 20.5 Å². The Morgan fingerprint density at radius 2 is 2.00 bits per heavy atom. The lowest BCUT2D eigenvalue weighted by Crippen LogP contribution is -2.18. The second-order valence-corrected chi connectivity index (χ2v) is 5.92. The highest BCUT2D eigenvalue weighted by molar-refractivity contribution is 6.30. The normalized spacial score (nSPS) is 11.1. The second-order valence-electron chi connectivity index (χ2n) is 5.48. The summed E-state index contributed by atoms with van der Waals surface area (Å²) in [6.45, 7) is 3.89. The minimum atomic E-state index is -0.348. The van der Waals surface area contributed by atoms with Crippen molar-refractivity contribution >= 4 is 28.8 Å². The van der Waals surface area contributed by atoms with Crippen LogP contribution in [0.5, 0.6) is 0 Å². The van der Waals surface area contributed by atoms with Gasteiger partial charge in [-0.25, -0.2) is 9.50 Å². The molecule has 23 heavy (non-hydrogen) atoms. The Hall–Kier alpha value is -2.60. The number of hydrogen-bond acceptors (Lipinski definition) is 3. The second kappa shape index (κ2) is 5.89. The van der Waals surface area contributed by atoms with Gasteiger partial charge in [-0.15, -0.1) is 0 Å². The first kappa shape index (κ1) is 15.3. The molecular weight excluding hydrogens is 316 g/mol. The summed E-state index contributed by atoms with van der Waals surface area (Å²) in [4.78, 5) is 29.0. The molecular formula is C16H15ClN4O2. The van der Waals surface area contributed by atoms with Crippen molar-refractivity contribution in [2.45, 2.75) is 19.8 Å². The van der Waals surface area contributed by atoms with E-state index in [-0.39, 0.29) is 17.4 Å². The molecule has 0 aliphatic carbocycles. The number of H-pyrrole nitrogens is 1. The number of fused-ring (bicyclic) bond motifs is 1.